The maximum Gasteiger partial charge on any atom is 0.303 e. The molecule has 4 N–H and O–H groups in total. The van der Waals surface area contributed by atoms with Crippen molar-refractivity contribution in [3.8, 4) is 5.75 Å². The zero-order valence-corrected chi connectivity index (χ0v) is 20.2. The Labute approximate surface area is 200 Å². The molecule has 0 aromatic heterocycles. The van der Waals surface area contributed by atoms with E-state index in [0.29, 0.717) is 24.0 Å². The molecule has 2 aliphatic rings. The van der Waals surface area contributed by atoms with Crippen molar-refractivity contribution in [3.63, 3.8) is 0 Å². The minimum absolute atomic E-state index is 0.222. The number of carboxylic acids is 1. The highest BCUT2D eigenvalue weighted by atomic mass is 16.4. The van der Waals surface area contributed by atoms with Crippen LogP contribution in [0.15, 0.2) is 47.6 Å². The molecule has 1 aromatic rings. The number of nitrogens with two attached hydrogens (primary N) is 1. The Hall–Kier alpha value is -2.07. The first-order chi connectivity index (χ1) is 16.0. The number of unbranched alkanes of at least 4 members (excludes halogenated alkanes) is 3. The fraction of sp³-hybridized carbons (Fsp3) is 0.621. The van der Waals surface area contributed by atoms with Gasteiger partial charge in [0.05, 0.1) is 0 Å². The number of allylic oxidation sites excluding steroid dienone is 3. The molecule has 0 spiro atoms. The summed E-state index contributed by atoms with van der Waals surface area (Å²) < 4.78 is 0. The first-order valence-electron chi connectivity index (χ1n) is 13.1. The van der Waals surface area contributed by atoms with Gasteiger partial charge in [0.2, 0.25) is 0 Å². The van der Waals surface area contributed by atoms with E-state index in [-0.39, 0.29) is 6.42 Å². The maximum absolute atomic E-state index is 10.9. The minimum atomic E-state index is -0.718. The molecule has 2 aliphatic carbocycles. The van der Waals surface area contributed by atoms with Gasteiger partial charge in [0.25, 0.3) is 0 Å². The lowest BCUT2D eigenvalue weighted by atomic mass is 9.71. The van der Waals surface area contributed by atoms with Gasteiger partial charge in [-0.1, -0.05) is 61.1 Å². The van der Waals surface area contributed by atoms with Crippen molar-refractivity contribution >= 4 is 5.97 Å². The summed E-state index contributed by atoms with van der Waals surface area (Å²) in [6, 6.07) is 7.78. The lowest BCUT2D eigenvalue weighted by molar-refractivity contribution is -0.136. The molecule has 0 aliphatic heterocycles. The summed E-state index contributed by atoms with van der Waals surface area (Å²) in [5, 5.41) is 18.6. The lowest BCUT2D eigenvalue weighted by Crippen LogP contribution is -2.19. The van der Waals surface area contributed by atoms with Gasteiger partial charge in [-0.25, -0.2) is 0 Å². The number of phenols is 1. The predicted molar refractivity (Wildman–Crippen MR) is 135 cm³/mol. The molecule has 1 fully saturated rings. The number of aliphatic carboxylic acids is 1. The average Bonchev–Trinajstić information content (AvgIpc) is 3.24. The standard InChI is InChI=1S/C29H43NO3/c30-19-18-24-11-10-22(20-24)6-3-1-2-4-8-26-21-23(7-5-9-29(32)33)12-17-28(26)25-13-15-27(31)16-14-25/h7,13-16,20,22,26,28,31H,1-6,8-12,17-19,21,30H2,(H,32,33)/t22-,26-,28-/m1/s1. The molecule has 1 aromatic carbocycles. The molecule has 3 rings (SSSR count). The van der Waals surface area contributed by atoms with Gasteiger partial charge in [0.1, 0.15) is 5.75 Å². The molecule has 1 saturated carbocycles. The molecule has 0 radical (unpaired) electrons. The third kappa shape index (κ3) is 8.66. The highest BCUT2D eigenvalue weighted by Gasteiger charge is 2.28. The number of aromatic hydroxyl groups is 1. The van der Waals surface area contributed by atoms with Crippen LogP contribution in [0.25, 0.3) is 0 Å². The van der Waals surface area contributed by atoms with Gasteiger partial charge in [0.15, 0.2) is 0 Å². The van der Waals surface area contributed by atoms with Gasteiger partial charge in [-0.3, -0.25) is 4.79 Å². The van der Waals surface area contributed by atoms with Crippen LogP contribution in [0.4, 0.5) is 0 Å². The summed E-state index contributed by atoms with van der Waals surface area (Å²) in [5.41, 5.74) is 10.0. The van der Waals surface area contributed by atoms with E-state index in [4.69, 9.17) is 10.8 Å². The summed E-state index contributed by atoms with van der Waals surface area (Å²) in [6.07, 6.45) is 20.2. The van der Waals surface area contributed by atoms with Crippen molar-refractivity contribution in [2.75, 3.05) is 6.54 Å². The number of carbonyl (C=O) groups is 1. The Morgan fingerprint density at radius 3 is 2.52 bits per heavy atom. The zero-order valence-electron chi connectivity index (χ0n) is 20.2. The van der Waals surface area contributed by atoms with Crippen LogP contribution in [0.2, 0.25) is 0 Å². The maximum atomic E-state index is 10.9. The molecule has 0 heterocycles. The van der Waals surface area contributed by atoms with Crippen LogP contribution in [-0.2, 0) is 4.79 Å². The minimum Gasteiger partial charge on any atom is -0.508 e. The molecular formula is C29H43NO3. The van der Waals surface area contributed by atoms with E-state index in [1.165, 1.54) is 62.5 Å². The second-order valence-electron chi connectivity index (χ2n) is 10.1. The summed E-state index contributed by atoms with van der Waals surface area (Å²) >= 11 is 0. The third-order valence-corrected chi connectivity index (χ3v) is 7.66. The predicted octanol–water partition coefficient (Wildman–Crippen LogP) is 7.09. The van der Waals surface area contributed by atoms with Gasteiger partial charge >= 0.3 is 5.97 Å². The topological polar surface area (TPSA) is 83.6 Å². The van der Waals surface area contributed by atoms with E-state index in [1.807, 2.05) is 0 Å². The average molecular weight is 454 g/mol. The van der Waals surface area contributed by atoms with E-state index < -0.39 is 5.97 Å². The second-order valence-corrected chi connectivity index (χ2v) is 10.1. The van der Waals surface area contributed by atoms with Crippen molar-refractivity contribution in [2.24, 2.45) is 17.6 Å². The normalized spacial score (nSPS) is 24.2. The molecule has 4 heteroatoms. The smallest absolute Gasteiger partial charge is 0.303 e. The van der Waals surface area contributed by atoms with E-state index in [2.05, 4.69) is 24.3 Å². The van der Waals surface area contributed by atoms with Crippen LogP contribution in [0.3, 0.4) is 0 Å². The molecule has 0 unspecified atom stereocenters. The van der Waals surface area contributed by atoms with Gasteiger partial charge in [-0.15, -0.1) is 0 Å². The number of hydrogen-bond donors (Lipinski definition) is 3. The quantitative estimate of drug-likeness (QED) is 0.220. The number of hydrogen-bond acceptors (Lipinski definition) is 3. The Kier molecular flexibility index (Phi) is 10.5. The summed E-state index contributed by atoms with van der Waals surface area (Å²) in [7, 11) is 0. The molecule has 0 saturated heterocycles. The summed E-state index contributed by atoms with van der Waals surface area (Å²) in [5.74, 6) is 1.53. The van der Waals surface area contributed by atoms with E-state index in [0.717, 1.165) is 38.1 Å². The largest absolute Gasteiger partial charge is 0.508 e. The van der Waals surface area contributed by atoms with Crippen LogP contribution in [0, 0.1) is 11.8 Å². The molecule has 182 valence electrons. The number of phenolic OH excluding ortho intramolecular Hbond substituents is 1. The van der Waals surface area contributed by atoms with Crippen LogP contribution < -0.4 is 5.73 Å². The zero-order chi connectivity index (χ0) is 23.5. The highest BCUT2D eigenvalue weighted by molar-refractivity contribution is 5.66. The van der Waals surface area contributed by atoms with Gasteiger partial charge in [-0.2, -0.15) is 0 Å². The number of rotatable bonds is 13. The van der Waals surface area contributed by atoms with Gasteiger partial charge in [-0.05, 0) is 99.8 Å². The first-order valence-corrected chi connectivity index (χ1v) is 13.1. The summed E-state index contributed by atoms with van der Waals surface area (Å²) in [4.78, 5) is 10.9. The van der Waals surface area contributed by atoms with Crippen molar-refractivity contribution in [1.29, 1.82) is 0 Å². The highest BCUT2D eigenvalue weighted by Crippen LogP contribution is 2.43. The van der Waals surface area contributed by atoms with Crippen molar-refractivity contribution in [1.82, 2.24) is 0 Å². The van der Waals surface area contributed by atoms with E-state index in [9.17, 15) is 9.90 Å². The third-order valence-electron chi connectivity index (χ3n) is 7.66. The first kappa shape index (κ1) is 25.6. The lowest BCUT2D eigenvalue weighted by Gasteiger charge is -2.34. The molecular weight excluding hydrogens is 410 g/mol. The van der Waals surface area contributed by atoms with Crippen LogP contribution in [-0.4, -0.2) is 22.7 Å². The SMILES string of the molecule is NCCC1=C[C@H](CCCCCC[C@@H]2CC(=CCCC(=O)O)CC[C@@H]2c2ccc(O)cc2)CC1. The molecule has 0 amide bonds. The van der Waals surface area contributed by atoms with Crippen LogP contribution in [0.1, 0.15) is 101 Å². The molecule has 33 heavy (non-hydrogen) atoms. The fourth-order valence-corrected chi connectivity index (χ4v) is 5.87. The Bertz CT molecular complexity index is 796. The molecule has 3 atom stereocenters. The van der Waals surface area contributed by atoms with E-state index in [1.54, 1.807) is 17.7 Å². The Morgan fingerprint density at radius 2 is 1.79 bits per heavy atom. The number of benzene rings is 1. The molecule has 0 bridgehead atoms. The fourth-order valence-electron chi connectivity index (χ4n) is 5.87. The van der Waals surface area contributed by atoms with Crippen LogP contribution >= 0.6 is 0 Å². The van der Waals surface area contributed by atoms with Gasteiger partial charge < -0.3 is 15.9 Å². The second kappa shape index (κ2) is 13.6. The van der Waals surface area contributed by atoms with Crippen molar-refractivity contribution < 1.29 is 15.0 Å². The van der Waals surface area contributed by atoms with Crippen molar-refractivity contribution in [3.05, 3.63) is 53.1 Å². The molecule has 4 nitrogen and oxygen atoms in total. The monoisotopic (exact) mass is 453 g/mol. The van der Waals surface area contributed by atoms with Gasteiger partial charge in [0, 0.05) is 6.42 Å². The van der Waals surface area contributed by atoms with Crippen molar-refractivity contribution in [2.45, 2.75) is 95.8 Å². The number of carboxylic acid groups (broad SMARTS) is 1. The van der Waals surface area contributed by atoms with E-state index >= 15 is 0 Å². The Morgan fingerprint density at radius 1 is 1.03 bits per heavy atom. The summed E-state index contributed by atoms with van der Waals surface area (Å²) in [6.45, 7) is 0.779. The van der Waals surface area contributed by atoms with Crippen LogP contribution in [0.5, 0.6) is 5.75 Å². The Balaban J connectivity index is 1.46.